The zero-order valence-corrected chi connectivity index (χ0v) is 19.7. The number of amidine groups is 1. The Bertz CT molecular complexity index is 1050. The van der Waals surface area contributed by atoms with Crippen molar-refractivity contribution >= 4 is 51.7 Å². The van der Waals surface area contributed by atoms with E-state index in [1.165, 1.54) is 17.3 Å². The molecule has 2 heterocycles. The van der Waals surface area contributed by atoms with Crippen LogP contribution < -0.4 is 5.32 Å². The highest BCUT2D eigenvalue weighted by molar-refractivity contribution is 8.15. The van der Waals surface area contributed by atoms with Gasteiger partial charge in [-0.15, -0.1) is 0 Å². The molecule has 2 fully saturated rings. The number of rotatable bonds is 6. The number of anilines is 1. The minimum atomic E-state index is -0.527. The van der Waals surface area contributed by atoms with E-state index in [9.17, 15) is 9.59 Å². The highest BCUT2D eigenvalue weighted by Gasteiger charge is 2.40. The van der Waals surface area contributed by atoms with E-state index in [0.717, 1.165) is 30.7 Å². The number of carbonyl (C=O) groups excluding carboxylic acids is 2. The molecule has 2 aliphatic rings. The number of nitrogens with one attached hydrogen (secondary N) is 1. The summed E-state index contributed by atoms with van der Waals surface area (Å²) >= 11 is 7.34. The Hall–Kier alpha value is -2.35. The summed E-state index contributed by atoms with van der Waals surface area (Å²) in [6.07, 6.45) is 1.98. The summed E-state index contributed by atoms with van der Waals surface area (Å²) < 4.78 is 5.75. The Balaban J connectivity index is 1.51. The monoisotopic (exact) mass is 471 g/mol. The van der Waals surface area contributed by atoms with E-state index < -0.39 is 5.25 Å². The van der Waals surface area contributed by atoms with Crippen LogP contribution in [0.15, 0.2) is 47.5 Å². The molecular formula is C24H26ClN3O3S. The summed E-state index contributed by atoms with van der Waals surface area (Å²) in [5.41, 5.74) is 3.74. The molecule has 2 aliphatic heterocycles. The van der Waals surface area contributed by atoms with Crippen LogP contribution >= 0.6 is 23.4 Å². The van der Waals surface area contributed by atoms with Gasteiger partial charge in [-0.25, -0.2) is 4.99 Å². The quantitative estimate of drug-likeness (QED) is 0.636. The van der Waals surface area contributed by atoms with Crippen molar-refractivity contribution in [3.05, 3.63) is 58.6 Å². The van der Waals surface area contributed by atoms with Gasteiger partial charge >= 0.3 is 0 Å². The molecule has 1 N–H and O–H groups in total. The van der Waals surface area contributed by atoms with Crippen LogP contribution in [0.4, 0.5) is 11.4 Å². The SMILES string of the molecule is Cc1ccc(N=C2SC(CC(=O)Nc3cccc(Cl)c3)C(=O)N2CC2CCCO2)cc1C. The van der Waals surface area contributed by atoms with E-state index >= 15 is 0 Å². The zero-order chi connectivity index (χ0) is 22.7. The summed E-state index contributed by atoms with van der Waals surface area (Å²) in [7, 11) is 0. The van der Waals surface area contributed by atoms with Gasteiger partial charge in [-0.2, -0.15) is 0 Å². The molecule has 0 aromatic heterocycles. The predicted molar refractivity (Wildman–Crippen MR) is 130 cm³/mol. The van der Waals surface area contributed by atoms with E-state index in [1.807, 2.05) is 25.1 Å². The van der Waals surface area contributed by atoms with Crippen LogP contribution in [-0.2, 0) is 14.3 Å². The van der Waals surface area contributed by atoms with Crippen molar-refractivity contribution in [2.24, 2.45) is 4.99 Å². The number of amides is 2. The molecule has 0 bridgehead atoms. The maximum Gasteiger partial charge on any atom is 0.242 e. The average Bonchev–Trinajstić information content (AvgIpc) is 3.35. The van der Waals surface area contributed by atoms with Gasteiger partial charge in [-0.1, -0.05) is 35.5 Å². The summed E-state index contributed by atoms with van der Waals surface area (Å²) in [5.74, 6) is -0.336. The van der Waals surface area contributed by atoms with Crippen molar-refractivity contribution in [3.63, 3.8) is 0 Å². The van der Waals surface area contributed by atoms with Crippen molar-refractivity contribution < 1.29 is 14.3 Å². The van der Waals surface area contributed by atoms with Crippen LogP contribution in [0.3, 0.4) is 0 Å². The Morgan fingerprint density at radius 3 is 2.81 bits per heavy atom. The van der Waals surface area contributed by atoms with Crippen molar-refractivity contribution in [1.29, 1.82) is 0 Å². The number of carbonyl (C=O) groups is 2. The number of aryl methyl sites for hydroxylation is 2. The number of halogens is 1. The molecule has 8 heteroatoms. The largest absolute Gasteiger partial charge is 0.376 e. The second-order valence-corrected chi connectivity index (χ2v) is 9.72. The number of benzene rings is 2. The number of hydrogen-bond donors (Lipinski definition) is 1. The molecule has 168 valence electrons. The first kappa shape index (κ1) is 22.8. The Kier molecular flexibility index (Phi) is 7.18. The van der Waals surface area contributed by atoms with Crippen molar-refractivity contribution in [1.82, 2.24) is 4.90 Å². The molecule has 2 aromatic rings. The molecule has 2 atom stereocenters. The fourth-order valence-corrected chi connectivity index (χ4v) is 5.09. The van der Waals surface area contributed by atoms with E-state index in [2.05, 4.69) is 12.2 Å². The lowest BCUT2D eigenvalue weighted by atomic mass is 10.1. The van der Waals surface area contributed by atoms with E-state index in [4.69, 9.17) is 21.3 Å². The molecular weight excluding hydrogens is 446 g/mol. The second-order valence-electron chi connectivity index (χ2n) is 8.12. The lowest BCUT2D eigenvalue weighted by Gasteiger charge is -2.20. The minimum Gasteiger partial charge on any atom is -0.376 e. The molecule has 0 aliphatic carbocycles. The fraction of sp³-hybridized carbons (Fsp3) is 0.375. The smallest absolute Gasteiger partial charge is 0.242 e. The maximum absolute atomic E-state index is 13.2. The van der Waals surface area contributed by atoms with E-state index in [0.29, 0.717) is 22.4 Å². The summed E-state index contributed by atoms with van der Waals surface area (Å²) in [6, 6.07) is 12.9. The first-order valence-corrected chi connectivity index (χ1v) is 12.0. The van der Waals surface area contributed by atoms with Gasteiger partial charge in [0, 0.05) is 23.7 Å². The van der Waals surface area contributed by atoms with Crippen LogP contribution in [0.1, 0.15) is 30.4 Å². The number of hydrogen-bond acceptors (Lipinski definition) is 5. The molecule has 4 rings (SSSR count). The van der Waals surface area contributed by atoms with Gasteiger partial charge in [-0.05, 0) is 68.1 Å². The number of thioether (sulfide) groups is 1. The predicted octanol–water partition coefficient (Wildman–Crippen LogP) is 5.10. The maximum atomic E-state index is 13.2. The first-order chi connectivity index (χ1) is 15.4. The number of ether oxygens (including phenoxy) is 1. The van der Waals surface area contributed by atoms with Gasteiger partial charge in [0.05, 0.1) is 18.3 Å². The minimum absolute atomic E-state index is 0.00328. The fourth-order valence-electron chi connectivity index (χ4n) is 3.74. The molecule has 2 unspecified atom stereocenters. The molecule has 0 saturated carbocycles. The number of aliphatic imine (C=N–C) groups is 1. The molecule has 0 spiro atoms. The van der Waals surface area contributed by atoms with Gasteiger partial charge in [0.1, 0.15) is 5.25 Å². The Labute approximate surface area is 197 Å². The second kappa shape index (κ2) is 10.1. The standard InChI is InChI=1S/C24H26ClN3O3S/c1-15-8-9-19(11-16(15)2)27-24-28(14-20-7-4-10-31-20)23(30)21(32-24)13-22(29)26-18-6-3-5-17(25)12-18/h3,5-6,8-9,11-12,20-21H,4,7,10,13-14H2,1-2H3,(H,26,29). The van der Waals surface area contributed by atoms with E-state index in [1.54, 1.807) is 29.2 Å². The Morgan fingerprint density at radius 2 is 2.09 bits per heavy atom. The molecule has 0 radical (unpaired) electrons. The molecule has 2 saturated heterocycles. The zero-order valence-electron chi connectivity index (χ0n) is 18.1. The topological polar surface area (TPSA) is 71.0 Å². The Morgan fingerprint density at radius 1 is 1.25 bits per heavy atom. The third-order valence-corrected chi connectivity index (χ3v) is 7.04. The lowest BCUT2D eigenvalue weighted by molar-refractivity contribution is -0.129. The van der Waals surface area contributed by atoms with Crippen molar-refractivity contribution in [2.45, 2.75) is 44.5 Å². The third-order valence-electron chi connectivity index (χ3n) is 5.62. The molecule has 6 nitrogen and oxygen atoms in total. The van der Waals surface area contributed by atoms with Crippen LogP contribution in [-0.4, -0.2) is 46.4 Å². The van der Waals surface area contributed by atoms with Gasteiger partial charge < -0.3 is 10.1 Å². The van der Waals surface area contributed by atoms with Gasteiger partial charge in [0.25, 0.3) is 0 Å². The third kappa shape index (κ3) is 5.52. The lowest BCUT2D eigenvalue weighted by Crippen LogP contribution is -2.38. The summed E-state index contributed by atoms with van der Waals surface area (Å²) in [4.78, 5) is 32.3. The first-order valence-electron chi connectivity index (χ1n) is 10.7. The van der Waals surface area contributed by atoms with Crippen LogP contribution in [0.25, 0.3) is 0 Å². The van der Waals surface area contributed by atoms with Gasteiger partial charge in [-0.3, -0.25) is 14.5 Å². The number of nitrogens with zero attached hydrogens (tertiary/aromatic N) is 2. The normalized spacial score (nSPS) is 22.0. The summed E-state index contributed by atoms with van der Waals surface area (Å²) in [6.45, 7) is 5.27. The van der Waals surface area contributed by atoms with Crippen LogP contribution in [0.5, 0.6) is 0 Å². The molecule has 32 heavy (non-hydrogen) atoms. The van der Waals surface area contributed by atoms with Crippen molar-refractivity contribution in [2.75, 3.05) is 18.5 Å². The highest BCUT2D eigenvalue weighted by Crippen LogP contribution is 2.33. The van der Waals surface area contributed by atoms with Crippen LogP contribution in [0, 0.1) is 13.8 Å². The van der Waals surface area contributed by atoms with Crippen LogP contribution in [0.2, 0.25) is 5.02 Å². The summed E-state index contributed by atoms with van der Waals surface area (Å²) in [5, 5.41) is 3.46. The molecule has 2 amide bonds. The molecule has 2 aromatic carbocycles. The van der Waals surface area contributed by atoms with Gasteiger partial charge in [0.2, 0.25) is 11.8 Å². The van der Waals surface area contributed by atoms with E-state index in [-0.39, 0.29) is 24.3 Å². The van der Waals surface area contributed by atoms with Crippen molar-refractivity contribution in [3.8, 4) is 0 Å². The highest BCUT2D eigenvalue weighted by atomic mass is 35.5. The van der Waals surface area contributed by atoms with Gasteiger partial charge in [0.15, 0.2) is 5.17 Å². The average molecular weight is 472 g/mol.